The molecule has 1 atom stereocenters. The number of methoxy groups -OCH3 is 1. The molecule has 1 aliphatic rings. The van der Waals surface area contributed by atoms with Gasteiger partial charge in [-0.1, -0.05) is 24.3 Å². The van der Waals surface area contributed by atoms with Crippen molar-refractivity contribution in [1.29, 1.82) is 0 Å². The van der Waals surface area contributed by atoms with Gasteiger partial charge in [-0.05, 0) is 17.7 Å². The second-order valence-electron chi connectivity index (χ2n) is 6.13. The number of rotatable bonds is 4. The lowest BCUT2D eigenvalue weighted by molar-refractivity contribution is -0.384. The summed E-state index contributed by atoms with van der Waals surface area (Å²) >= 11 is 0. The number of nitrogens with one attached hydrogen (secondary N) is 1. The Balaban J connectivity index is 1.85. The molecular weight excluding hydrogens is 350 g/mol. The summed E-state index contributed by atoms with van der Waals surface area (Å²) in [5.41, 5.74) is 2.74. The highest BCUT2D eigenvalue weighted by atomic mass is 16.6. The van der Waals surface area contributed by atoms with E-state index >= 15 is 0 Å². The Hall–Kier alpha value is -3.68. The van der Waals surface area contributed by atoms with Gasteiger partial charge < -0.3 is 9.47 Å². The van der Waals surface area contributed by atoms with Crippen LogP contribution in [-0.2, 0) is 4.79 Å². The zero-order valence-corrected chi connectivity index (χ0v) is 14.3. The Morgan fingerprint density at radius 3 is 2.85 bits per heavy atom. The van der Waals surface area contributed by atoms with Crippen LogP contribution < -0.4 is 9.47 Å². The van der Waals surface area contributed by atoms with Gasteiger partial charge in [0, 0.05) is 23.6 Å². The van der Waals surface area contributed by atoms with Crippen LogP contribution in [0.2, 0.25) is 0 Å². The summed E-state index contributed by atoms with van der Waals surface area (Å²) in [6, 6.07) is 13.7. The quantitative estimate of drug-likeness (QED) is 0.431. The van der Waals surface area contributed by atoms with E-state index in [4.69, 9.17) is 9.47 Å². The first-order valence-electron chi connectivity index (χ1n) is 8.24. The van der Waals surface area contributed by atoms with E-state index < -0.39 is 4.92 Å². The molecule has 1 aromatic heterocycles. The summed E-state index contributed by atoms with van der Waals surface area (Å²) in [6.07, 6.45) is 0.141. The Kier molecular flexibility index (Phi) is 4.08. The van der Waals surface area contributed by atoms with Crippen molar-refractivity contribution in [1.82, 2.24) is 10.2 Å². The fourth-order valence-corrected chi connectivity index (χ4v) is 3.29. The van der Waals surface area contributed by atoms with Gasteiger partial charge in [-0.25, -0.2) is 0 Å². The van der Waals surface area contributed by atoms with E-state index in [9.17, 15) is 14.9 Å². The summed E-state index contributed by atoms with van der Waals surface area (Å²) < 4.78 is 10.6. The van der Waals surface area contributed by atoms with Crippen molar-refractivity contribution in [2.75, 3.05) is 7.11 Å². The maximum absolute atomic E-state index is 12.1. The third-order valence-corrected chi connectivity index (χ3v) is 4.54. The normalized spacial score (nSPS) is 15.7. The predicted octanol–water partition coefficient (Wildman–Crippen LogP) is 3.43. The first kappa shape index (κ1) is 16.8. The van der Waals surface area contributed by atoms with E-state index in [2.05, 4.69) is 10.2 Å². The van der Waals surface area contributed by atoms with Crippen LogP contribution in [0.25, 0.3) is 11.3 Å². The molecule has 136 valence electrons. The number of hydrogen-bond donors (Lipinski definition) is 1. The van der Waals surface area contributed by atoms with Gasteiger partial charge in [-0.2, -0.15) is 0 Å². The minimum Gasteiger partial charge on any atom is -0.497 e. The topological polar surface area (TPSA) is 107 Å². The molecule has 4 rings (SSSR count). The van der Waals surface area contributed by atoms with E-state index in [1.807, 2.05) is 24.3 Å². The molecule has 2 aromatic carbocycles. The first-order chi connectivity index (χ1) is 13.1. The predicted molar refractivity (Wildman–Crippen MR) is 95.8 cm³/mol. The number of carbonyl (C=O) groups excluding carboxylic acids is 1. The number of ether oxygens (including phenoxy) is 2. The lowest BCUT2D eigenvalue weighted by atomic mass is 9.85. The summed E-state index contributed by atoms with van der Waals surface area (Å²) in [4.78, 5) is 22.7. The average Bonchev–Trinajstić information content (AvgIpc) is 3.11. The fraction of sp³-hybridized carbons (Fsp3) is 0.158. The van der Waals surface area contributed by atoms with Crippen molar-refractivity contribution in [3.8, 4) is 22.9 Å². The summed E-state index contributed by atoms with van der Waals surface area (Å²) in [5.74, 6) is 0.186. The number of hydrogen-bond acceptors (Lipinski definition) is 6. The molecule has 0 saturated heterocycles. The van der Waals surface area contributed by atoms with E-state index in [1.54, 1.807) is 19.2 Å². The van der Waals surface area contributed by atoms with Crippen molar-refractivity contribution in [3.05, 3.63) is 69.8 Å². The van der Waals surface area contributed by atoms with Crippen LogP contribution in [0.15, 0.2) is 48.5 Å². The second-order valence-corrected chi connectivity index (χ2v) is 6.13. The lowest BCUT2D eigenvalue weighted by Gasteiger charge is -2.22. The molecule has 0 amide bonds. The summed E-state index contributed by atoms with van der Waals surface area (Å²) in [5, 5.41) is 18.1. The Bertz CT molecular complexity index is 1040. The van der Waals surface area contributed by atoms with Gasteiger partial charge in [-0.3, -0.25) is 20.0 Å². The van der Waals surface area contributed by atoms with E-state index in [-0.39, 0.29) is 29.9 Å². The van der Waals surface area contributed by atoms with Crippen molar-refractivity contribution in [3.63, 3.8) is 0 Å². The molecule has 0 saturated carbocycles. The van der Waals surface area contributed by atoms with Gasteiger partial charge >= 0.3 is 5.97 Å². The van der Waals surface area contributed by atoms with Gasteiger partial charge in [0.25, 0.3) is 5.69 Å². The van der Waals surface area contributed by atoms with Crippen molar-refractivity contribution < 1.29 is 19.2 Å². The molecule has 8 nitrogen and oxygen atoms in total. The molecule has 0 bridgehead atoms. The minimum atomic E-state index is -0.452. The Labute approximate surface area is 153 Å². The molecular formula is C19H15N3O5. The standard InChI is InChI=1S/C19H15N3O5/c1-26-14-7-3-4-11(9-14)15-10-16(23)27-19-17(15)18(20-21-19)12-5-2-6-13(8-12)22(24)25/h2-9,15H,10H2,1H3,(H,20,21)/t15-/m1/s1. The first-order valence-corrected chi connectivity index (χ1v) is 8.24. The molecule has 27 heavy (non-hydrogen) atoms. The van der Waals surface area contributed by atoms with Crippen LogP contribution in [0.3, 0.4) is 0 Å². The van der Waals surface area contributed by atoms with Crippen molar-refractivity contribution >= 4 is 11.7 Å². The van der Waals surface area contributed by atoms with E-state index in [1.165, 1.54) is 12.1 Å². The van der Waals surface area contributed by atoms with Crippen LogP contribution in [0.1, 0.15) is 23.5 Å². The SMILES string of the molecule is COc1cccc([C@H]2CC(=O)Oc3n[nH]c(-c4cccc([N+](=O)[O-])c4)c32)c1. The largest absolute Gasteiger partial charge is 0.497 e. The van der Waals surface area contributed by atoms with Crippen LogP contribution in [-0.4, -0.2) is 28.2 Å². The van der Waals surface area contributed by atoms with Crippen LogP contribution >= 0.6 is 0 Å². The van der Waals surface area contributed by atoms with Gasteiger partial charge in [-0.15, -0.1) is 5.10 Å². The van der Waals surface area contributed by atoms with E-state index in [0.29, 0.717) is 22.6 Å². The fourth-order valence-electron chi connectivity index (χ4n) is 3.29. The maximum atomic E-state index is 12.1. The summed E-state index contributed by atoms with van der Waals surface area (Å²) in [6.45, 7) is 0. The second kappa shape index (κ2) is 6.56. The molecule has 3 aromatic rings. The van der Waals surface area contributed by atoms with Crippen LogP contribution in [0.4, 0.5) is 5.69 Å². The van der Waals surface area contributed by atoms with Crippen molar-refractivity contribution in [2.45, 2.75) is 12.3 Å². The molecule has 0 radical (unpaired) electrons. The van der Waals surface area contributed by atoms with Crippen LogP contribution in [0, 0.1) is 10.1 Å². The van der Waals surface area contributed by atoms with Crippen molar-refractivity contribution in [2.24, 2.45) is 0 Å². The molecule has 0 fully saturated rings. The number of nitro groups is 1. The summed E-state index contributed by atoms with van der Waals surface area (Å²) in [7, 11) is 1.58. The Morgan fingerprint density at radius 2 is 2.07 bits per heavy atom. The number of non-ortho nitro benzene ring substituents is 1. The van der Waals surface area contributed by atoms with Crippen LogP contribution in [0.5, 0.6) is 11.6 Å². The van der Waals surface area contributed by atoms with Gasteiger partial charge in [0.05, 0.1) is 29.7 Å². The third kappa shape index (κ3) is 3.01. The van der Waals surface area contributed by atoms with E-state index in [0.717, 1.165) is 5.56 Å². The van der Waals surface area contributed by atoms with Gasteiger partial charge in [0.1, 0.15) is 5.75 Å². The molecule has 8 heteroatoms. The molecule has 0 unspecified atom stereocenters. The molecule has 1 N–H and O–H groups in total. The highest BCUT2D eigenvalue weighted by molar-refractivity contribution is 5.80. The number of H-pyrrole nitrogens is 1. The third-order valence-electron chi connectivity index (χ3n) is 4.54. The van der Waals surface area contributed by atoms with Gasteiger partial charge in [0.2, 0.25) is 5.88 Å². The Morgan fingerprint density at radius 1 is 1.26 bits per heavy atom. The average molecular weight is 365 g/mol. The highest BCUT2D eigenvalue weighted by Crippen LogP contribution is 2.43. The number of nitrogens with zero attached hydrogens (tertiary/aromatic N) is 2. The number of aromatic amines is 1. The highest BCUT2D eigenvalue weighted by Gasteiger charge is 2.34. The minimum absolute atomic E-state index is 0.0263. The number of carbonyl (C=O) groups is 1. The number of aromatic nitrogens is 2. The monoisotopic (exact) mass is 365 g/mol. The number of fused-ring (bicyclic) bond motifs is 1. The smallest absolute Gasteiger partial charge is 0.313 e. The lowest BCUT2D eigenvalue weighted by Crippen LogP contribution is -2.20. The molecule has 2 heterocycles. The number of nitro benzene ring substituents is 1. The number of esters is 1. The maximum Gasteiger partial charge on any atom is 0.313 e. The zero-order valence-electron chi connectivity index (χ0n) is 14.3. The molecule has 1 aliphatic heterocycles. The zero-order chi connectivity index (χ0) is 19.0. The molecule has 0 aliphatic carbocycles. The molecule has 0 spiro atoms. The van der Waals surface area contributed by atoms with Gasteiger partial charge in [0.15, 0.2) is 0 Å². The number of benzene rings is 2.